The second-order valence-corrected chi connectivity index (χ2v) is 5.60. The maximum Gasteiger partial charge on any atom is 0.335 e. The Morgan fingerprint density at radius 2 is 2.18 bits per heavy atom. The van der Waals surface area contributed by atoms with Gasteiger partial charge in [-0.15, -0.1) is 0 Å². The molecule has 17 heavy (non-hydrogen) atoms. The number of carbonyl (C=O) groups is 1. The maximum absolute atomic E-state index is 11.3. The standard InChI is InChI=1S/C9H7BrN2O4S/c10-7-2-1-6(9(13)14)5-8(7)12-17(15,16)4-3-11/h1-2,5,12H,4H2,(H,13,14). The van der Waals surface area contributed by atoms with Gasteiger partial charge in [-0.25, -0.2) is 13.2 Å². The largest absolute Gasteiger partial charge is 0.478 e. The third-order valence-corrected chi connectivity index (χ3v) is 3.46. The minimum absolute atomic E-state index is 0.0529. The van der Waals surface area contributed by atoms with E-state index in [-0.39, 0.29) is 11.3 Å². The molecule has 1 rings (SSSR count). The van der Waals surface area contributed by atoms with Gasteiger partial charge in [-0.2, -0.15) is 5.26 Å². The Bertz CT molecular complexity index is 592. The number of hydrogen-bond acceptors (Lipinski definition) is 4. The second-order valence-electron chi connectivity index (χ2n) is 3.02. The van der Waals surface area contributed by atoms with Crippen LogP contribution in [-0.4, -0.2) is 25.2 Å². The number of benzene rings is 1. The second kappa shape index (κ2) is 5.16. The molecule has 0 aliphatic rings. The van der Waals surface area contributed by atoms with E-state index >= 15 is 0 Å². The van der Waals surface area contributed by atoms with Crippen molar-refractivity contribution in [2.45, 2.75) is 0 Å². The summed E-state index contributed by atoms with van der Waals surface area (Å²) >= 11 is 3.08. The van der Waals surface area contributed by atoms with Crippen LogP contribution in [-0.2, 0) is 10.0 Å². The van der Waals surface area contributed by atoms with E-state index in [1.807, 2.05) is 0 Å². The van der Waals surface area contributed by atoms with E-state index in [0.717, 1.165) is 0 Å². The average Bonchev–Trinajstić information content (AvgIpc) is 2.20. The van der Waals surface area contributed by atoms with Crippen molar-refractivity contribution in [1.29, 1.82) is 5.26 Å². The highest BCUT2D eigenvalue weighted by Crippen LogP contribution is 2.24. The minimum Gasteiger partial charge on any atom is -0.478 e. The summed E-state index contributed by atoms with van der Waals surface area (Å²) in [6.45, 7) is 0. The summed E-state index contributed by atoms with van der Waals surface area (Å²) in [5.41, 5.74) is 0.0306. The highest BCUT2D eigenvalue weighted by Gasteiger charge is 2.13. The molecule has 0 aromatic heterocycles. The molecule has 0 atom stereocenters. The fourth-order valence-electron chi connectivity index (χ4n) is 1.03. The molecule has 0 heterocycles. The van der Waals surface area contributed by atoms with Crippen molar-refractivity contribution >= 4 is 37.6 Å². The summed E-state index contributed by atoms with van der Waals surface area (Å²) in [6.07, 6.45) is 0. The predicted molar refractivity (Wildman–Crippen MR) is 64.1 cm³/mol. The molecule has 90 valence electrons. The lowest BCUT2D eigenvalue weighted by atomic mass is 10.2. The molecule has 6 nitrogen and oxygen atoms in total. The molecule has 2 N–H and O–H groups in total. The molecule has 0 amide bonds. The summed E-state index contributed by atoms with van der Waals surface area (Å²) in [4.78, 5) is 10.7. The van der Waals surface area contributed by atoms with Crippen LogP contribution in [0.5, 0.6) is 0 Å². The van der Waals surface area contributed by atoms with Crippen LogP contribution in [0.25, 0.3) is 0 Å². The van der Waals surface area contributed by atoms with Crippen LogP contribution >= 0.6 is 15.9 Å². The van der Waals surface area contributed by atoms with Gasteiger partial charge in [0.2, 0.25) is 10.0 Å². The fourth-order valence-corrected chi connectivity index (χ4v) is 2.25. The number of anilines is 1. The van der Waals surface area contributed by atoms with Crippen LogP contribution < -0.4 is 4.72 Å². The molecule has 0 unspecified atom stereocenters. The van der Waals surface area contributed by atoms with Gasteiger partial charge in [0.15, 0.2) is 5.75 Å². The number of rotatable bonds is 4. The van der Waals surface area contributed by atoms with Crippen molar-refractivity contribution in [3.05, 3.63) is 28.2 Å². The zero-order chi connectivity index (χ0) is 13.1. The van der Waals surface area contributed by atoms with Crippen LogP contribution in [0.4, 0.5) is 5.69 Å². The topological polar surface area (TPSA) is 107 Å². The maximum atomic E-state index is 11.3. The van der Waals surface area contributed by atoms with E-state index in [2.05, 4.69) is 20.7 Å². The van der Waals surface area contributed by atoms with E-state index in [4.69, 9.17) is 10.4 Å². The van der Waals surface area contributed by atoms with E-state index in [1.54, 1.807) is 0 Å². The molecule has 1 aromatic carbocycles. The summed E-state index contributed by atoms with van der Waals surface area (Å²) < 4.78 is 25.2. The van der Waals surface area contributed by atoms with E-state index < -0.39 is 21.7 Å². The number of sulfonamides is 1. The number of nitrogens with one attached hydrogen (secondary N) is 1. The van der Waals surface area contributed by atoms with Crippen molar-refractivity contribution in [2.75, 3.05) is 10.5 Å². The van der Waals surface area contributed by atoms with Crippen LogP contribution in [0.2, 0.25) is 0 Å². The van der Waals surface area contributed by atoms with Gasteiger partial charge in [-0.3, -0.25) is 4.72 Å². The number of carboxylic acids is 1. The summed E-state index contributed by atoms with van der Waals surface area (Å²) in [5, 5.41) is 17.1. The van der Waals surface area contributed by atoms with Crippen molar-refractivity contribution in [3.8, 4) is 6.07 Å². The molecule has 8 heteroatoms. The monoisotopic (exact) mass is 318 g/mol. The molecule has 0 bridgehead atoms. The first-order valence-electron chi connectivity index (χ1n) is 4.26. The zero-order valence-electron chi connectivity index (χ0n) is 8.34. The molecule has 1 aromatic rings. The Kier molecular flexibility index (Phi) is 4.09. The number of carboxylic acid groups (broad SMARTS) is 1. The lowest BCUT2D eigenvalue weighted by Crippen LogP contribution is -2.16. The summed E-state index contributed by atoms with van der Waals surface area (Å²) in [5.74, 6) is -1.87. The molecule has 0 aliphatic carbocycles. The molecule has 0 aliphatic heterocycles. The van der Waals surface area contributed by atoms with Crippen molar-refractivity contribution in [1.82, 2.24) is 0 Å². The average molecular weight is 319 g/mol. The Balaban J connectivity index is 3.11. The van der Waals surface area contributed by atoms with Crippen molar-refractivity contribution in [3.63, 3.8) is 0 Å². The highest BCUT2D eigenvalue weighted by molar-refractivity contribution is 9.10. The van der Waals surface area contributed by atoms with Gasteiger partial charge in [0.1, 0.15) is 0 Å². The number of nitriles is 1. The van der Waals surface area contributed by atoms with Crippen LogP contribution in [0.3, 0.4) is 0 Å². The van der Waals surface area contributed by atoms with E-state index in [1.165, 1.54) is 24.3 Å². The molecule has 0 radical (unpaired) electrons. The quantitative estimate of drug-likeness (QED) is 0.872. The minimum atomic E-state index is -3.78. The molecule has 0 saturated heterocycles. The Labute approximate surface area is 106 Å². The number of aromatic carboxylic acids is 1. The normalized spacial score (nSPS) is 10.6. The van der Waals surface area contributed by atoms with Gasteiger partial charge < -0.3 is 5.11 Å². The third-order valence-electron chi connectivity index (χ3n) is 1.73. The van der Waals surface area contributed by atoms with Crippen molar-refractivity contribution in [2.24, 2.45) is 0 Å². The van der Waals surface area contributed by atoms with Gasteiger partial charge in [0.25, 0.3) is 0 Å². The Hall–Kier alpha value is -1.59. The fraction of sp³-hybridized carbons (Fsp3) is 0.111. The van der Waals surface area contributed by atoms with Crippen LogP contribution in [0, 0.1) is 11.3 Å². The van der Waals surface area contributed by atoms with E-state index in [9.17, 15) is 13.2 Å². The number of halogens is 1. The van der Waals surface area contributed by atoms with E-state index in [0.29, 0.717) is 4.47 Å². The van der Waals surface area contributed by atoms with Crippen LogP contribution in [0.15, 0.2) is 22.7 Å². The first kappa shape index (κ1) is 13.5. The smallest absolute Gasteiger partial charge is 0.335 e. The third kappa shape index (κ3) is 3.72. The Morgan fingerprint density at radius 3 is 2.71 bits per heavy atom. The predicted octanol–water partition coefficient (Wildman–Crippen LogP) is 1.41. The molecule has 0 spiro atoms. The lowest BCUT2D eigenvalue weighted by Gasteiger charge is -2.08. The Morgan fingerprint density at radius 1 is 1.53 bits per heavy atom. The first-order valence-corrected chi connectivity index (χ1v) is 6.70. The van der Waals surface area contributed by atoms with Gasteiger partial charge >= 0.3 is 5.97 Å². The van der Waals surface area contributed by atoms with Gasteiger partial charge in [0, 0.05) is 4.47 Å². The molecular weight excluding hydrogens is 312 g/mol. The van der Waals surface area contributed by atoms with Crippen molar-refractivity contribution < 1.29 is 18.3 Å². The summed E-state index contributed by atoms with van der Waals surface area (Å²) in [6, 6.07) is 5.41. The summed E-state index contributed by atoms with van der Waals surface area (Å²) in [7, 11) is -3.78. The first-order chi connectivity index (χ1) is 7.85. The van der Waals surface area contributed by atoms with Gasteiger partial charge in [-0.1, -0.05) is 0 Å². The molecule has 0 saturated carbocycles. The lowest BCUT2D eigenvalue weighted by molar-refractivity contribution is 0.0697. The molecular formula is C9H7BrN2O4S. The zero-order valence-corrected chi connectivity index (χ0v) is 10.7. The van der Waals surface area contributed by atoms with Gasteiger partial charge in [-0.05, 0) is 34.1 Å². The number of hydrogen-bond donors (Lipinski definition) is 2. The van der Waals surface area contributed by atoms with Crippen LogP contribution in [0.1, 0.15) is 10.4 Å². The highest BCUT2D eigenvalue weighted by atomic mass is 79.9. The SMILES string of the molecule is N#CCS(=O)(=O)Nc1cc(C(=O)O)ccc1Br. The molecule has 0 fully saturated rings. The number of nitrogens with zero attached hydrogens (tertiary/aromatic N) is 1. The van der Waals surface area contributed by atoms with Gasteiger partial charge in [0.05, 0.1) is 17.3 Å².